The molecule has 3 rings (SSSR count). The summed E-state index contributed by atoms with van der Waals surface area (Å²) in [4.78, 5) is 22.4. The molecule has 0 amide bonds. The van der Waals surface area contributed by atoms with E-state index in [1.165, 1.54) is 12.5 Å². The minimum Gasteiger partial charge on any atom is -0.550 e. The van der Waals surface area contributed by atoms with E-state index in [0.29, 0.717) is 12.0 Å². The molecule has 4 heteroatoms. The third-order valence-corrected chi connectivity index (χ3v) is 4.43. The van der Waals surface area contributed by atoms with Gasteiger partial charge in [0.05, 0.1) is 5.69 Å². The lowest BCUT2D eigenvalue weighted by Gasteiger charge is -2.15. The average molecular weight is 346 g/mol. The number of aryl methyl sites for hydroxylation is 2. The molecule has 0 aliphatic heterocycles. The molecule has 0 unspecified atom stereocenters. The van der Waals surface area contributed by atoms with Crippen molar-refractivity contribution in [3.05, 3.63) is 77.5 Å². The van der Waals surface area contributed by atoms with E-state index in [9.17, 15) is 14.7 Å². The molecule has 4 nitrogen and oxygen atoms in total. The molecule has 0 aliphatic rings. The first kappa shape index (κ1) is 17.7. The molecule has 132 valence electrons. The zero-order valence-electron chi connectivity index (χ0n) is 14.9. The van der Waals surface area contributed by atoms with Gasteiger partial charge < -0.3 is 14.5 Å². The minimum absolute atomic E-state index is 0.0139. The van der Waals surface area contributed by atoms with Crippen molar-refractivity contribution in [1.29, 1.82) is 0 Å². The monoisotopic (exact) mass is 346 g/mol. The largest absolute Gasteiger partial charge is 0.550 e. The molecule has 0 aliphatic carbocycles. The lowest BCUT2D eigenvalue weighted by molar-refractivity contribution is -0.305. The number of carbonyl (C=O) groups excluding carboxylic acids is 2. The zero-order valence-corrected chi connectivity index (χ0v) is 14.9. The SMILES string of the molecule is CC(=O)c1ccc(-n2c(CCC(=O)[O-])ccc2-c2ccc(C)cc2)cc1. The van der Waals surface area contributed by atoms with Crippen LogP contribution >= 0.6 is 0 Å². The van der Waals surface area contributed by atoms with Crippen LogP contribution in [0.5, 0.6) is 0 Å². The van der Waals surface area contributed by atoms with Crippen LogP contribution in [0.3, 0.4) is 0 Å². The quantitative estimate of drug-likeness (QED) is 0.643. The number of hydrogen-bond donors (Lipinski definition) is 0. The molecule has 0 N–H and O–H groups in total. The summed E-state index contributed by atoms with van der Waals surface area (Å²) in [5, 5.41) is 10.9. The van der Waals surface area contributed by atoms with Crippen LogP contribution in [0.1, 0.15) is 35.0 Å². The first-order chi connectivity index (χ1) is 12.5. The first-order valence-corrected chi connectivity index (χ1v) is 8.54. The Labute approximate surface area is 152 Å². The van der Waals surface area contributed by atoms with E-state index in [0.717, 1.165) is 22.6 Å². The number of carboxylic acids is 1. The van der Waals surface area contributed by atoms with Crippen LogP contribution in [0.25, 0.3) is 16.9 Å². The van der Waals surface area contributed by atoms with Gasteiger partial charge in [-0.3, -0.25) is 4.79 Å². The molecule has 0 bridgehead atoms. The Bertz CT molecular complexity index is 935. The molecule has 3 aromatic rings. The Balaban J connectivity index is 2.09. The third-order valence-electron chi connectivity index (χ3n) is 4.43. The van der Waals surface area contributed by atoms with Gasteiger partial charge in [0.2, 0.25) is 0 Å². The molecule has 1 heterocycles. The molecule has 0 fully saturated rings. The van der Waals surface area contributed by atoms with Gasteiger partial charge in [0.25, 0.3) is 0 Å². The second-order valence-corrected chi connectivity index (χ2v) is 6.39. The Morgan fingerprint density at radius 3 is 2.15 bits per heavy atom. The molecule has 0 saturated carbocycles. The maximum absolute atomic E-state index is 11.5. The molecule has 2 aromatic carbocycles. The van der Waals surface area contributed by atoms with Gasteiger partial charge in [-0.2, -0.15) is 0 Å². The second-order valence-electron chi connectivity index (χ2n) is 6.39. The molecular formula is C22H20NO3-. The van der Waals surface area contributed by atoms with E-state index in [-0.39, 0.29) is 12.2 Å². The number of rotatable bonds is 6. The fourth-order valence-corrected chi connectivity index (χ4v) is 3.00. The molecule has 1 aromatic heterocycles. The molecular weight excluding hydrogens is 326 g/mol. The van der Waals surface area contributed by atoms with Gasteiger partial charge in [0, 0.05) is 22.9 Å². The van der Waals surface area contributed by atoms with Gasteiger partial charge in [-0.1, -0.05) is 29.8 Å². The van der Waals surface area contributed by atoms with Crippen molar-refractivity contribution in [2.75, 3.05) is 0 Å². The van der Waals surface area contributed by atoms with Crippen LogP contribution in [-0.2, 0) is 11.2 Å². The number of carboxylic acid groups (broad SMARTS) is 1. The fraction of sp³-hybridized carbons (Fsp3) is 0.182. The van der Waals surface area contributed by atoms with E-state index >= 15 is 0 Å². The Morgan fingerprint density at radius 1 is 0.923 bits per heavy atom. The second kappa shape index (κ2) is 7.40. The van der Waals surface area contributed by atoms with Gasteiger partial charge in [-0.05, 0) is 68.7 Å². The molecule has 0 spiro atoms. The summed E-state index contributed by atoms with van der Waals surface area (Å²) in [6.45, 7) is 3.57. The van der Waals surface area contributed by atoms with Gasteiger partial charge in [0.15, 0.2) is 5.78 Å². The number of ketones is 1. The van der Waals surface area contributed by atoms with E-state index < -0.39 is 5.97 Å². The summed E-state index contributed by atoms with van der Waals surface area (Å²) < 4.78 is 2.04. The smallest absolute Gasteiger partial charge is 0.159 e. The number of Topliss-reactive ketones (excluding diaryl/α,β-unsaturated/α-hetero) is 1. The van der Waals surface area contributed by atoms with Crippen LogP contribution in [0, 0.1) is 6.92 Å². The maximum Gasteiger partial charge on any atom is 0.159 e. The summed E-state index contributed by atoms with van der Waals surface area (Å²) >= 11 is 0. The molecule has 26 heavy (non-hydrogen) atoms. The number of carbonyl (C=O) groups is 2. The van der Waals surface area contributed by atoms with E-state index in [1.807, 2.05) is 60.0 Å². The van der Waals surface area contributed by atoms with Gasteiger partial charge in [-0.15, -0.1) is 0 Å². The van der Waals surface area contributed by atoms with Gasteiger partial charge in [-0.25, -0.2) is 0 Å². The topological polar surface area (TPSA) is 62.1 Å². The molecule has 0 radical (unpaired) electrons. The minimum atomic E-state index is -1.07. The Morgan fingerprint density at radius 2 is 1.58 bits per heavy atom. The van der Waals surface area contributed by atoms with Crippen molar-refractivity contribution in [1.82, 2.24) is 4.57 Å². The first-order valence-electron chi connectivity index (χ1n) is 8.54. The highest BCUT2D eigenvalue weighted by Gasteiger charge is 2.12. The lowest BCUT2D eigenvalue weighted by Crippen LogP contribution is -2.22. The predicted octanol–water partition coefficient (Wildman–Crippen LogP) is 3.34. The predicted molar refractivity (Wildman–Crippen MR) is 99.3 cm³/mol. The van der Waals surface area contributed by atoms with Crippen LogP contribution in [0.4, 0.5) is 0 Å². The fourth-order valence-electron chi connectivity index (χ4n) is 3.00. The van der Waals surface area contributed by atoms with E-state index in [4.69, 9.17) is 0 Å². The van der Waals surface area contributed by atoms with E-state index in [2.05, 4.69) is 0 Å². The van der Waals surface area contributed by atoms with Crippen molar-refractivity contribution in [3.63, 3.8) is 0 Å². The van der Waals surface area contributed by atoms with Gasteiger partial charge >= 0.3 is 0 Å². The van der Waals surface area contributed by atoms with Crippen molar-refractivity contribution < 1.29 is 14.7 Å². The highest BCUT2D eigenvalue weighted by Crippen LogP contribution is 2.28. The number of nitrogens with zero attached hydrogens (tertiary/aromatic N) is 1. The summed E-state index contributed by atoms with van der Waals surface area (Å²) in [7, 11) is 0. The van der Waals surface area contributed by atoms with E-state index in [1.54, 1.807) is 12.1 Å². The Kier molecular flexibility index (Phi) is 5.03. The number of aliphatic carboxylic acids is 1. The average Bonchev–Trinajstić information content (AvgIpc) is 3.04. The lowest BCUT2D eigenvalue weighted by atomic mass is 10.1. The van der Waals surface area contributed by atoms with Crippen molar-refractivity contribution in [2.24, 2.45) is 0 Å². The van der Waals surface area contributed by atoms with Crippen LogP contribution in [-0.4, -0.2) is 16.3 Å². The van der Waals surface area contributed by atoms with Crippen LogP contribution < -0.4 is 5.11 Å². The summed E-state index contributed by atoms with van der Waals surface area (Å²) in [5.74, 6) is -1.05. The summed E-state index contributed by atoms with van der Waals surface area (Å²) in [6.07, 6.45) is 0.339. The normalized spacial score (nSPS) is 10.7. The van der Waals surface area contributed by atoms with Crippen LogP contribution in [0.2, 0.25) is 0 Å². The van der Waals surface area contributed by atoms with Crippen LogP contribution in [0.15, 0.2) is 60.7 Å². The van der Waals surface area contributed by atoms with Crippen molar-refractivity contribution in [2.45, 2.75) is 26.7 Å². The maximum atomic E-state index is 11.5. The number of benzene rings is 2. The summed E-state index contributed by atoms with van der Waals surface area (Å²) in [5.41, 5.74) is 5.63. The van der Waals surface area contributed by atoms with Crippen molar-refractivity contribution >= 4 is 11.8 Å². The standard InChI is InChI=1S/C22H21NO3/c1-15-3-5-18(6-4-15)21-13-11-20(12-14-22(25)26)23(21)19-9-7-17(8-10-19)16(2)24/h3-11,13H,12,14H2,1-2H3,(H,25,26)/p-1. The van der Waals surface area contributed by atoms with Crippen molar-refractivity contribution in [3.8, 4) is 16.9 Å². The zero-order chi connectivity index (χ0) is 18.7. The number of hydrogen-bond acceptors (Lipinski definition) is 3. The third kappa shape index (κ3) is 3.75. The highest BCUT2D eigenvalue weighted by atomic mass is 16.4. The molecule has 0 atom stereocenters. The highest BCUT2D eigenvalue weighted by molar-refractivity contribution is 5.94. The van der Waals surface area contributed by atoms with Gasteiger partial charge in [0.1, 0.15) is 0 Å². The Hall–Kier alpha value is -3.14. The molecule has 0 saturated heterocycles. The summed E-state index contributed by atoms with van der Waals surface area (Å²) in [6, 6.07) is 19.5. The number of aromatic nitrogens is 1.